The van der Waals surface area contributed by atoms with E-state index in [1.807, 2.05) is 42.7 Å². The molecule has 4 heterocycles. The topological polar surface area (TPSA) is 52.1 Å². The Bertz CT molecular complexity index is 3060. The van der Waals surface area contributed by atoms with Crippen LogP contribution in [0, 0.1) is 0 Å². The second kappa shape index (κ2) is 10.3. The van der Waals surface area contributed by atoms with Crippen LogP contribution in [0.25, 0.3) is 99.4 Å². The molecule has 51 heavy (non-hydrogen) atoms. The Morgan fingerprint density at radius 1 is 0.471 bits per heavy atom. The lowest BCUT2D eigenvalue weighted by molar-refractivity contribution is 0.661. The molecule has 1 aliphatic carbocycles. The standard InChI is InChI=1S/C47H30N2O2/c1-47(2)38-23-29(27-18-20-48-21-19-27)14-16-32(38)33-17-15-30(24-39(33)47)28-8-7-9-31(22-28)45-44-35-11-4-6-13-42(35)51-46(44)37-26-43-36(25-40(37)49-45)34-10-3-5-12-41(34)50-43/h3-26H,1-2H3. The number of fused-ring (bicyclic) bond motifs is 11. The quantitative estimate of drug-likeness (QED) is 0.190. The highest BCUT2D eigenvalue weighted by Gasteiger charge is 2.36. The van der Waals surface area contributed by atoms with E-state index in [1.165, 1.54) is 38.9 Å². The van der Waals surface area contributed by atoms with Crippen molar-refractivity contribution in [2.45, 2.75) is 19.3 Å². The maximum atomic E-state index is 6.62. The zero-order valence-corrected chi connectivity index (χ0v) is 28.1. The van der Waals surface area contributed by atoms with Gasteiger partial charge < -0.3 is 8.83 Å². The Morgan fingerprint density at radius 3 is 1.88 bits per heavy atom. The molecule has 4 heteroatoms. The number of hydrogen-bond acceptors (Lipinski definition) is 4. The van der Waals surface area contributed by atoms with Gasteiger partial charge in [-0.25, -0.2) is 4.98 Å². The Morgan fingerprint density at radius 2 is 1.12 bits per heavy atom. The van der Waals surface area contributed by atoms with Gasteiger partial charge in [0, 0.05) is 44.9 Å². The molecule has 0 N–H and O–H groups in total. The predicted molar refractivity (Wildman–Crippen MR) is 208 cm³/mol. The van der Waals surface area contributed by atoms with E-state index in [0.717, 1.165) is 71.6 Å². The summed E-state index contributed by atoms with van der Waals surface area (Å²) in [6.07, 6.45) is 3.71. The van der Waals surface area contributed by atoms with Gasteiger partial charge in [-0.3, -0.25) is 4.98 Å². The van der Waals surface area contributed by atoms with Crippen molar-refractivity contribution in [3.8, 4) is 44.6 Å². The smallest absolute Gasteiger partial charge is 0.147 e. The van der Waals surface area contributed by atoms with Gasteiger partial charge in [-0.2, -0.15) is 0 Å². The molecule has 0 spiro atoms. The summed E-state index contributed by atoms with van der Waals surface area (Å²) in [7, 11) is 0. The molecule has 6 aromatic carbocycles. The molecular weight excluding hydrogens is 625 g/mol. The summed E-state index contributed by atoms with van der Waals surface area (Å²) >= 11 is 0. The first-order valence-electron chi connectivity index (χ1n) is 17.4. The SMILES string of the molecule is CC1(C)c2cc(-c3ccncc3)ccc2-c2ccc(-c3cccc(-c4nc5cc6c(cc5c5oc7ccccc7c45)oc4ccccc46)c3)cc21. The molecule has 11 rings (SSSR count). The third kappa shape index (κ3) is 4.08. The first-order valence-corrected chi connectivity index (χ1v) is 17.4. The van der Waals surface area contributed by atoms with E-state index in [-0.39, 0.29) is 5.41 Å². The van der Waals surface area contributed by atoms with Gasteiger partial charge >= 0.3 is 0 Å². The normalized spacial score (nSPS) is 13.5. The lowest BCUT2D eigenvalue weighted by atomic mass is 9.81. The molecule has 0 amide bonds. The van der Waals surface area contributed by atoms with Crippen LogP contribution in [0.1, 0.15) is 25.0 Å². The van der Waals surface area contributed by atoms with Crippen LogP contribution in [0.15, 0.2) is 155 Å². The van der Waals surface area contributed by atoms with Gasteiger partial charge in [0.2, 0.25) is 0 Å². The van der Waals surface area contributed by atoms with Crippen LogP contribution in [0.4, 0.5) is 0 Å². The van der Waals surface area contributed by atoms with Gasteiger partial charge in [-0.15, -0.1) is 0 Å². The summed E-state index contributed by atoms with van der Waals surface area (Å²) in [5.41, 5.74) is 16.1. The van der Waals surface area contributed by atoms with Crippen molar-refractivity contribution >= 4 is 54.8 Å². The maximum Gasteiger partial charge on any atom is 0.147 e. The number of benzene rings is 6. The van der Waals surface area contributed by atoms with Gasteiger partial charge in [0.15, 0.2) is 0 Å². The summed E-state index contributed by atoms with van der Waals surface area (Å²) in [5, 5.41) is 5.15. The fourth-order valence-electron chi connectivity index (χ4n) is 8.38. The summed E-state index contributed by atoms with van der Waals surface area (Å²) < 4.78 is 12.9. The van der Waals surface area contributed by atoms with Crippen LogP contribution >= 0.6 is 0 Å². The summed E-state index contributed by atoms with van der Waals surface area (Å²) in [6.45, 7) is 4.68. The highest BCUT2D eigenvalue weighted by atomic mass is 16.3. The summed E-state index contributed by atoms with van der Waals surface area (Å²) in [4.78, 5) is 9.62. The third-order valence-electron chi connectivity index (χ3n) is 11.0. The van der Waals surface area contributed by atoms with E-state index in [9.17, 15) is 0 Å². The molecule has 4 nitrogen and oxygen atoms in total. The number of pyridine rings is 2. The van der Waals surface area contributed by atoms with Crippen LogP contribution < -0.4 is 0 Å². The molecule has 240 valence electrons. The third-order valence-corrected chi connectivity index (χ3v) is 11.0. The zero-order valence-electron chi connectivity index (χ0n) is 28.1. The first kappa shape index (κ1) is 28.3. The van der Waals surface area contributed by atoms with E-state index < -0.39 is 0 Å². The average Bonchev–Trinajstić information content (AvgIpc) is 3.82. The first-order chi connectivity index (χ1) is 25.0. The van der Waals surface area contributed by atoms with Crippen LogP contribution in [0.2, 0.25) is 0 Å². The van der Waals surface area contributed by atoms with E-state index in [0.29, 0.717) is 0 Å². The van der Waals surface area contributed by atoms with Crippen molar-refractivity contribution in [1.82, 2.24) is 9.97 Å². The van der Waals surface area contributed by atoms with Gasteiger partial charge in [-0.05, 0) is 99.1 Å². The Hall–Kier alpha value is -6.52. The lowest BCUT2D eigenvalue weighted by Gasteiger charge is -2.22. The number of rotatable bonds is 3. The minimum absolute atomic E-state index is 0.147. The fourth-order valence-corrected chi connectivity index (χ4v) is 8.38. The van der Waals surface area contributed by atoms with Gasteiger partial charge in [0.25, 0.3) is 0 Å². The van der Waals surface area contributed by atoms with Crippen LogP contribution in [-0.4, -0.2) is 9.97 Å². The molecule has 1 aliphatic rings. The van der Waals surface area contributed by atoms with Crippen LogP contribution in [0.5, 0.6) is 0 Å². The van der Waals surface area contributed by atoms with Crippen molar-refractivity contribution in [2.24, 2.45) is 0 Å². The molecule has 10 aromatic rings. The number of hydrogen-bond donors (Lipinski definition) is 0. The van der Waals surface area contributed by atoms with Gasteiger partial charge in [0.05, 0.1) is 16.6 Å². The monoisotopic (exact) mass is 654 g/mol. The zero-order chi connectivity index (χ0) is 33.8. The predicted octanol–water partition coefficient (Wildman–Crippen LogP) is 12.7. The number of aromatic nitrogens is 2. The Kier molecular flexibility index (Phi) is 5.70. The van der Waals surface area contributed by atoms with E-state index >= 15 is 0 Å². The average molecular weight is 655 g/mol. The molecule has 0 radical (unpaired) electrons. The highest BCUT2D eigenvalue weighted by Crippen LogP contribution is 2.51. The molecule has 0 bridgehead atoms. The second-order valence-corrected chi connectivity index (χ2v) is 14.2. The van der Waals surface area contributed by atoms with Gasteiger partial charge in [-0.1, -0.05) is 92.7 Å². The number of para-hydroxylation sites is 2. The molecule has 0 saturated heterocycles. The Balaban J connectivity index is 1.08. The van der Waals surface area contributed by atoms with Crippen molar-refractivity contribution in [3.05, 3.63) is 157 Å². The van der Waals surface area contributed by atoms with Crippen LogP contribution in [0.3, 0.4) is 0 Å². The van der Waals surface area contributed by atoms with Crippen molar-refractivity contribution in [1.29, 1.82) is 0 Å². The molecule has 0 aliphatic heterocycles. The van der Waals surface area contributed by atoms with E-state index in [1.54, 1.807) is 0 Å². The fraction of sp³-hybridized carbons (Fsp3) is 0.0638. The minimum Gasteiger partial charge on any atom is -0.456 e. The Labute approximate surface area is 293 Å². The summed E-state index contributed by atoms with van der Waals surface area (Å²) in [6, 6.07) is 47.4. The number of furan rings is 2. The van der Waals surface area contributed by atoms with Crippen molar-refractivity contribution in [3.63, 3.8) is 0 Å². The summed E-state index contributed by atoms with van der Waals surface area (Å²) in [5.74, 6) is 0. The molecule has 0 fully saturated rings. The molecule has 0 saturated carbocycles. The van der Waals surface area contributed by atoms with Crippen LogP contribution in [-0.2, 0) is 5.41 Å². The van der Waals surface area contributed by atoms with E-state index in [2.05, 4.69) is 122 Å². The van der Waals surface area contributed by atoms with E-state index in [4.69, 9.17) is 13.8 Å². The minimum atomic E-state index is -0.147. The largest absolute Gasteiger partial charge is 0.456 e. The molecule has 4 aromatic heterocycles. The molecule has 0 unspecified atom stereocenters. The number of nitrogens with zero attached hydrogens (tertiary/aromatic N) is 2. The lowest BCUT2D eigenvalue weighted by Crippen LogP contribution is -2.15. The molecular formula is C47H30N2O2. The maximum absolute atomic E-state index is 6.62. The van der Waals surface area contributed by atoms with Crippen molar-refractivity contribution < 1.29 is 8.83 Å². The van der Waals surface area contributed by atoms with Gasteiger partial charge in [0.1, 0.15) is 22.3 Å². The second-order valence-electron chi connectivity index (χ2n) is 14.2. The highest BCUT2D eigenvalue weighted by molar-refractivity contribution is 6.22. The molecule has 0 atom stereocenters. The van der Waals surface area contributed by atoms with Crippen molar-refractivity contribution in [2.75, 3.05) is 0 Å².